The Bertz CT molecular complexity index is 511. The number of nitrogens with one attached hydrogen (secondary N) is 1. The third-order valence-corrected chi connectivity index (χ3v) is 2.99. The van der Waals surface area contributed by atoms with Crippen LogP contribution in [0.3, 0.4) is 0 Å². The first-order chi connectivity index (χ1) is 9.29. The Morgan fingerprint density at radius 2 is 2.11 bits per heavy atom. The minimum Gasteiger partial charge on any atom is -0.313 e. The Morgan fingerprint density at radius 3 is 2.79 bits per heavy atom. The molecule has 3 heteroatoms. The molecule has 19 heavy (non-hydrogen) atoms. The van der Waals surface area contributed by atoms with Gasteiger partial charge in [-0.3, -0.25) is 4.98 Å². The summed E-state index contributed by atoms with van der Waals surface area (Å²) in [5.41, 5.74) is 2.73. The molecule has 1 aromatic heterocycles. The maximum Gasteiger partial charge on any atom is 0.127 e. The normalized spacial score (nSPS) is 10.6. The van der Waals surface area contributed by atoms with Gasteiger partial charge in [0.15, 0.2) is 0 Å². The topological polar surface area (TPSA) is 24.9 Å². The minimum absolute atomic E-state index is 0.139. The van der Waals surface area contributed by atoms with Crippen molar-refractivity contribution in [3.05, 3.63) is 65.2 Å². The molecule has 2 rings (SSSR count). The van der Waals surface area contributed by atoms with Gasteiger partial charge in [0, 0.05) is 25.4 Å². The summed E-state index contributed by atoms with van der Waals surface area (Å²) >= 11 is 0. The molecular formula is C16H19FN2. The van der Waals surface area contributed by atoms with Crippen LogP contribution in [0.2, 0.25) is 0 Å². The standard InChI is InChI=1S/C16H19FN2/c1-2-7-18-12-14-5-6-15(16(17)10-14)9-13-4-3-8-19-11-13/h3-6,8,10-11,18H,2,7,9,12H2,1H3. The van der Waals surface area contributed by atoms with Gasteiger partial charge in [0.2, 0.25) is 0 Å². The molecule has 0 aliphatic rings. The molecule has 0 saturated heterocycles. The number of hydrogen-bond acceptors (Lipinski definition) is 2. The van der Waals surface area contributed by atoms with Crippen molar-refractivity contribution in [3.8, 4) is 0 Å². The van der Waals surface area contributed by atoms with E-state index in [2.05, 4.69) is 17.2 Å². The summed E-state index contributed by atoms with van der Waals surface area (Å²) in [6, 6.07) is 9.30. The Kier molecular flexibility index (Phi) is 5.04. The van der Waals surface area contributed by atoms with Gasteiger partial charge < -0.3 is 5.32 Å². The number of pyridine rings is 1. The largest absolute Gasteiger partial charge is 0.313 e. The van der Waals surface area contributed by atoms with Crippen LogP contribution in [0.25, 0.3) is 0 Å². The predicted molar refractivity (Wildman–Crippen MR) is 75.4 cm³/mol. The maximum atomic E-state index is 14.0. The van der Waals surface area contributed by atoms with Gasteiger partial charge in [-0.2, -0.15) is 0 Å². The molecule has 1 N–H and O–H groups in total. The molecule has 0 amide bonds. The molecule has 0 atom stereocenters. The van der Waals surface area contributed by atoms with Crippen molar-refractivity contribution in [1.29, 1.82) is 0 Å². The summed E-state index contributed by atoms with van der Waals surface area (Å²) in [6.45, 7) is 3.79. The van der Waals surface area contributed by atoms with Gasteiger partial charge in [0.1, 0.15) is 5.82 Å². The summed E-state index contributed by atoms with van der Waals surface area (Å²) in [5, 5.41) is 3.27. The summed E-state index contributed by atoms with van der Waals surface area (Å²) in [6.07, 6.45) is 5.17. The fourth-order valence-electron chi connectivity index (χ4n) is 1.98. The number of aromatic nitrogens is 1. The van der Waals surface area contributed by atoms with E-state index in [1.807, 2.05) is 24.3 Å². The van der Waals surface area contributed by atoms with Gasteiger partial charge in [0.25, 0.3) is 0 Å². The maximum absolute atomic E-state index is 14.0. The second-order valence-corrected chi connectivity index (χ2v) is 4.64. The van der Waals surface area contributed by atoms with Gasteiger partial charge in [-0.15, -0.1) is 0 Å². The quantitative estimate of drug-likeness (QED) is 0.804. The van der Waals surface area contributed by atoms with E-state index in [0.717, 1.165) is 30.6 Å². The van der Waals surface area contributed by atoms with Gasteiger partial charge >= 0.3 is 0 Å². The van der Waals surface area contributed by atoms with Crippen LogP contribution in [0.4, 0.5) is 4.39 Å². The Hall–Kier alpha value is -1.74. The van der Waals surface area contributed by atoms with Crippen molar-refractivity contribution in [1.82, 2.24) is 10.3 Å². The molecule has 1 aromatic carbocycles. The summed E-state index contributed by atoms with van der Waals surface area (Å²) in [5.74, 6) is -0.139. The van der Waals surface area contributed by atoms with E-state index < -0.39 is 0 Å². The molecule has 2 aromatic rings. The Labute approximate surface area is 113 Å². The lowest BCUT2D eigenvalue weighted by Crippen LogP contribution is -2.14. The van der Waals surface area contributed by atoms with Gasteiger partial charge in [0.05, 0.1) is 0 Å². The van der Waals surface area contributed by atoms with Crippen LogP contribution in [-0.4, -0.2) is 11.5 Å². The first-order valence-electron chi connectivity index (χ1n) is 6.66. The van der Waals surface area contributed by atoms with Gasteiger partial charge in [-0.05, 0) is 41.8 Å². The molecule has 1 heterocycles. The number of halogens is 1. The Balaban J connectivity index is 2.03. The van der Waals surface area contributed by atoms with Crippen molar-refractivity contribution < 1.29 is 4.39 Å². The molecule has 0 unspecified atom stereocenters. The van der Waals surface area contributed by atoms with Crippen LogP contribution in [0, 0.1) is 5.82 Å². The second kappa shape index (κ2) is 7.00. The lowest BCUT2D eigenvalue weighted by molar-refractivity contribution is 0.606. The molecule has 0 fully saturated rings. The van der Waals surface area contributed by atoms with E-state index >= 15 is 0 Å². The average molecular weight is 258 g/mol. The van der Waals surface area contributed by atoms with Crippen LogP contribution in [-0.2, 0) is 13.0 Å². The van der Waals surface area contributed by atoms with E-state index in [-0.39, 0.29) is 5.82 Å². The van der Waals surface area contributed by atoms with E-state index in [9.17, 15) is 4.39 Å². The summed E-state index contributed by atoms with van der Waals surface area (Å²) in [7, 11) is 0. The monoisotopic (exact) mass is 258 g/mol. The fourth-order valence-corrected chi connectivity index (χ4v) is 1.98. The van der Waals surface area contributed by atoms with Gasteiger partial charge in [-0.1, -0.05) is 25.1 Å². The lowest BCUT2D eigenvalue weighted by Gasteiger charge is -2.07. The van der Waals surface area contributed by atoms with Crippen LogP contribution in [0.15, 0.2) is 42.7 Å². The van der Waals surface area contributed by atoms with Crippen LogP contribution < -0.4 is 5.32 Å². The highest BCUT2D eigenvalue weighted by molar-refractivity contribution is 5.29. The molecule has 0 bridgehead atoms. The highest BCUT2D eigenvalue weighted by Gasteiger charge is 2.04. The summed E-state index contributed by atoms with van der Waals surface area (Å²) in [4.78, 5) is 4.05. The van der Waals surface area contributed by atoms with E-state index in [1.54, 1.807) is 18.5 Å². The number of benzene rings is 1. The molecule has 100 valence electrons. The van der Waals surface area contributed by atoms with E-state index in [1.165, 1.54) is 0 Å². The average Bonchev–Trinajstić information content (AvgIpc) is 2.43. The second-order valence-electron chi connectivity index (χ2n) is 4.64. The molecular weight excluding hydrogens is 239 g/mol. The molecule has 0 aliphatic carbocycles. The minimum atomic E-state index is -0.139. The molecule has 2 nitrogen and oxygen atoms in total. The lowest BCUT2D eigenvalue weighted by atomic mass is 10.0. The van der Waals surface area contributed by atoms with Crippen molar-refractivity contribution in [2.24, 2.45) is 0 Å². The molecule has 0 spiro atoms. The smallest absolute Gasteiger partial charge is 0.127 e. The van der Waals surface area contributed by atoms with Crippen molar-refractivity contribution in [3.63, 3.8) is 0 Å². The van der Waals surface area contributed by atoms with Gasteiger partial charge in [-0.25, -0.2) is 4.39 Å². The zero-order valence-corrected chi connectivity index (χ0v) is 11.2. The number of rotatable bonds is 6. The fraction of sp³-hybridized carbons (Fsp3) is 0.312. The SMILES string of the molecule is CCCNCc1ccc(Cc2cccnc2)c(F)c1. The molecule has 0 aliphatic heterocycles. The number of nitrogens with zero attached hydrogens (tertiary/aromatic N) is 1. The van der Waals surface area contributed by atoms with Crippen LogP contribution in [0.5, 0.6) is 0 Å². The van der Waals surface area contributed by atoms with Crippen molar-refractivity contribution in [2.75, 3.05) is 6.54 Å². The highest BCUT2D eigenvalue weighted by Crippen LogP contribution is 2.14. The third kappa shape index (κ3) is 4.14. The molecule has 0 radical (unpaired) electrons. The van der Waals surface area contributed by atoms with Crippen LogP contribution >= 0.6 is 0 Å². The first-order valence-corrected chi connectivity index (χ1v) is 6.66. The molecule has 0 saturated carbocycles. The third-order valence-electron chi connectivity index (χ3n) is 2.99. The summed E-state index contributed by atoms with van der Waals surface area (Å²) < 4.78 is 14.0. The first kappa shape index (κ1) is 13.7. The zero-order chi connectivity index (χ0) is 13.5. The predicted octanol–water partition coefficient (Wildman–Crippen LogP) is 3.31. The highest BCUT2D eigenvalue weighted by atomic mass is 19.1. The zero-order valence-electron chi connectivity index (χ0n) is 11.2. The Morgan fingerprint density at radius 1 is 1.21 bits per heavy atom. The van der Waals surface area contributed by atoms with E-state index in [0.29, 0.717) is 12.0 Å². The number of hydrogen-bond donors (Lipinski definition) is 1. The van der Waals surface area contributed by atoms with E-state index in [4.69, 9.17) is 0 Å². The van der Waals surface area contributed by atoms with Crippen molar-refractivity contribution in [2.45, 2.75) is 26.3 Å². The van der Waals surface area contributed by atoms with Crippen molar-refractivity contribution >= 4 is 0 Å². The van der Waals surface area contributed by atoms with Crippen LogP contribution in [0.1, 0.15) is 30.0 Å².